The first-order chi connectivity index (χ1) is 13.5. The Labute approximate surface area is 173 Å². The third-order valence-electron chi connectivity index (χ3n) is 4.44. The monoisotopic (exact) mass is 430 g/mol. The van der Waals surface area contributed by atoms with E-state index >= 15 is 0 Å². The second-order valence-electron chi connectivity index (χ2n) is 6.11. The zero-order valence-electron chi connectivity index (χ0n) is 15.0. The van der Waals surface area contributed by atoms with E-state index in [4.69, 9.17) is 16.3 Å². The van der Waals surface area contributed by atoms with Crippen LogP contribution in [0.15, 0.2) is 62.8 Å². The number of fused-ring (bicyclic) bond motifs is 1. The van der Waals surface area contributed by atoms with Crippen LogP contribution in [0, 0.1) is 0 Å². The average Bonchev–Trinajstić information content (AvgIpc) is 3.29. The highest BCUT2D eigenvalue weighted by Crippen LogP contribution is 2.34. The molecule has 0 radical (unpaired) electrons. The van der Waals surface area contributed by atoms with Crippen LogP contribution in [0.3, 0.4) is 0 Å². The van der Waals surface area contributed by atoms with E-state index in [0.717, 1.165) is 4.88 Å². The summed E-state index contributed by atoms with van der Waals surface area (Å²) < 4.78 is 7.07. The Bertz CT molecular complexity index is 1270. The standard InChI is InChI=1S/C20H15ClN2O3S2/c1-11-16(19(25)26-2)17(13-7-3-4-8-14(13)21)23-18(24)15(28-20(23)22-11)10-12-6-5-9-27-12/h3-10,17H,1-2H3/b15-10-/t17-/m0/s1. The lowest BCUT2D eigenvalue weighted by atomic mass is 9.96. The van der Waals surface area contributed by atoms with Crippen molar-refractivity contribution in [2.75, 3.05) is 7.11 Å². The van der Waals surface area contributed by atoms with E-state index in [0.29, 0.717) is 31.2 Å². The highest BCUT2D eigenvalue weighted by atomic mass is 35.5. The van der Waals surface area contributed by atoms with E-state index in [1.54, 1.807) is 30.4 Å². The molecule has 0 unspecified atom stereocenters. The fourth-order valence-corrected chi connectivity index (χ4v) is 5.19. The molecule has 3 heterocycles. The molecule has 28 heavy (non-hydrogen) atoms. The van der Waals surface area contributed by atoms with Gasteiger partial charge in [0.25, 0.3) is 5.56 Å². The molecule has 142 valence electrons. The Morgan fingerprint density at radius 3 is 2.75 bits per heavy atom. The molecule has 0 fully saturated rings. The van der Waals surface area contributed by atoms with Crippen molar-refractivity contribution in [3.8, 4) is 0 Å². The van der Waals surface area contributed by atoms with Crippen LogP contribution in [-0.4, -0.2) is 17.6 Å². The van der Waals surface area contributed by atoms with Gasteiger partial charge in [0, 0.05) is 9.90 Å². The number of benzene rings is 1. The summed E-state index contributed by atoms with van der Waals surface area (Å²) in [7, 11) is 1.31. The summed E-state index contributed by atoms with van der Waals surface area (Å²) in [6.45, 7) is 1.74. The number of thiophene rings is 1. The maximum atomic E-state index is 13.3. The number of halogens is 1. The molecule has 0 bridgehead atoms. The van der Waals surface area contributed by atoms with Crippen LogP contribution in [0.25, 0.3) is 6.08 Å². The highest BCUT2D eigenvalue weighted by Gasteiger charge is 2.34. The van der Waals surface area contributed by atoms with Gasteiger partial charge >= 0.3 is 5.97 Å². The number of carbonyl (C=O) groups excluding carboxylic acids is 1. The molecular weight excluding hydrogens is 416 g/mol. The Balaban J connectivity index is 2.03. The van der Waals surface area contributed by atoms with Crippen molar-refractivity contribution in [1.29, 1.82) is 0 Å². The van der Waals surface area contributed by atoms with Crippen molar-refractivity contribution in [1.82, 2.24) is 4.57 Å². The van der Waals surface area contributed by atoms with Gasteiger partial charge in [0.1, 0.15) is 6.04 Å². The van der Waals surface area contributed by atoms with Gasteiger partial charge in [0.15, 0.2) is 4.80 Å². The molecule has 0 saturated carbocycles. The quantitative estimate of drug-likeness (QED) is 0.600. The summed E-state index contributed by atoms with van der Waals surface area (Å²) in [5, 5.41) is 2.42. The molecule has 2 aromatic heterocycles. The third-order valence-corrected chi connectivity index (χ3v) is 6.59. The molecule has 0 saturated heterocycles. The summed E-state index contributed by atoms with van der Waals surface area (Å²) in [6, 6.07) is 10.4. The molecular formula is C20H15ClN2O3S2. The topological polar surface area (TPSA) is 60.7 Å². The van der Waals surface area contributed by atoms with Crippen molar-refractivity contribution in [2.45, 2.75) is 13.0 Å². The van der Waals surface area contributed by atoms with E-state index in [1.807, 2.05) is 35.7 Å². The van der Waals surface area contributed by atoms with Gasteiger partial charge in [-0.2, -0.15) is 0 Å². The Kier molecular flexibility index (Phi) is 5.05. The fourth-order valence-electron chi connectivity index (χ4n) is 3.19. The predicted molar refractivity (Wildman–Crippen MR) is 112 cm³/mol. The normalized spacial score (nSPS) is 16.7. The van der Waals surface area contributed by atoms with Gasteiger partial charge in [-0.05, 0) is 36.1 Å². The minimum Gasteiger partial charge on any atom is -0.466 e. The molecule has 1 atom stereocenters. The van der Waals surface area contributed by atoms with Crippen molar-refractivity contribution >= 4 is 46.3 Å². The van der Waals surface area contributed by atoms with E-state index in [1.165, 1.54) is 23.0 Å². The van der Waals surface area contributed by atoms with Crippen LogP contribution in [0.5, 0.6) is 0 Å². The smallest absolute Gasteiger partial charge is 0.338 e. The molecule has 1 aliphatic rings. The largest absolute Gasteiger partial charge is 0.466 e. The number of allylic oxidation sites excluding steroid dienone is 1. The molecule has 3 aromatic rings. The predicted octanol–water partition coefficient (Wildman–Crippen LogP) is 3.12. The Morgan fingerprint density at radius 1 is 1.29 bits per heavy atom. The van der Waals surface area contributed by atoms with Crippen LogP contribution in [0.1, 0.15) is 23.4 Å². The van der Waals surface area contributed by atoms with Crippen molar-refractivity contribution in [3.05, 3.63) is 88.2 Å². The zero-order valence-corrected chi connectivity index (χ0v) is 17.4. The molecule has 5 nitrogen and oxygen atoms in total. The number of ether oxygens (including phenoxy) is 1. The third kappa shape index (κ3) is 3.15. The number of aromatic nitrogens is 1. The van der Waals surface area contributed by atoms with Gasteiger partial charge in [-0.25, -0.2) is 9.79 Å². The van der Waals surface area contributed by atoms with Crippen molar-refractivity contribution < 1.29 is 9.53 Å². The van der Waals surface area contributed by atoms with Crippen molar-refractivity contribution in [3.63, 3.8) is 0 Å². The summed E-state index contributed by atoms with van der Waals surface area (Å²) in [4.78, 5) is 31.8. The van der Waals surface area contributed by atoms with Crippen LogP contribution >= 0.6 is 34.3 Å². The maximum Gasteiger partial charge on any atom is 0.338 e. The number of thiazole rings is 1. The van der Waals surface area contributed by atoms with E-state index in [-0.39, 0.29) is 5.56 Å². The molecule has 1 aromatic carbocycles. The molecule has 0 amide bonds. The summed E-state index contributed by atoms with van der Waals surface area (Å²) in [5.74, 6) is -0.529. The first-order valence-electron chi connectivity index (χ1n) is 8.40. The van der Waals surface area contributed by atoms with Gasteiger partial charge in [0.2, 0.25) is 0 Å². The molecule has 8 heteroatoms. The number of esters is 1. The maximum absolute atomic E-state index is 13.3. The van der Waals surface area contributed by atoms with E-state index < -0.39 is 12.0 Å². The van der Waals surface area contributed by atoms with Gasteiger partial charge in [0.05, 0.1) is 22.9 Å². The second kappa shape index (κ2) is 7.50. The van der Waals surface area contributed by atoms with Gasteiger partial charge in [-0.15, -0.1) is 11.3 Å². The van der Waals surface area contributed by atoms with Crippen LogP contribution in [-0.2, 0) is 9.53 Å². The minimum absolute atomic E-state index is 0.212. The number of methoxy groups -OCH3 is 1. The number of rotatable bonds is 3. The highest BCUT2D eigenvalue weighted by molar-refractivity contribution is 7.11. The number of nitrogens with zero attached hydrogens (tertiary/aromatic N) is 2. The molecule has 0 N–H and O–H groups in total. The number of hydrogen-bond acceptors (Lipinski definition) is 6. The van der Waals surface area contributed by atoms with E-state index in [2.05, 4.69) is 4.99 Å². The molecule has 4 rings (SSSR count). The summed E-state index contributed by atoms with van der Waals surface area (Å²) in [6.07, 6.45) is 1.84. The van der Waals surface area contributed by atoms with Gasteiger partial charge in [-0.1, -0.05) is 47.2 Å². The zero-order chi connectivity index (χ0) is 19.8. The minimum atomic E-state index is -0.692. The molecule has 0 aliphatic carbocycles. The van der Waals surface area contributed by atoms with Gasteiger partial charge < -0.3 is 4.74 Å². The first kappa shape index (κ1) is 18.9. The lowest BCUT2D eigenvalue weighted by Gasteiger charge is -2.25. The summed E-state index contributed by atoms with van der Waals surface area (Å²) >= 11 is 9.28. The van der Waals surface area contributed by atoms with Crippen LogP contribution in [0.4, 0.5) is 0 Å². The number of hydrogen-bond donors (Lipinski definition) is 0. The molecule has 0 spiro atoms. The summed E-state index contributed by atoms with van der Waals surface area (Å²) in [5.41, 5.74) is 1.27. The van der Waals surface area contributed by atoms with Gasteiger partial charge in [-0.3, -0.25) is 9.36 Å². The SMILES string of the molecule is COC(=O)C1=C(C)N=c2s/c(=C\c3cccs3)c(=O)n2[C@H]1c1ccccc1Cl. The second-order valence-corrected chi connectivity index (χ2v) is 8.51. The molecule has 1 aliphatic heterocycles. The Hall–Kier alpha value is -2.48. The number of carbonyl (C=O) groups is 1. The average molecular weight is 431 g/mol. The van der Waals surface area contributed by atoms with Crippen LogP contribution in [0.2, 0.25) is 5.02 Å². The first-order valence-corrected chi connectivity index (χ1v) is 10.5. The van der Waals surface area contributed by atoms with Crippen LogP contribution < -0.4 is 14.9 Å². The lowest BCUT2D eigenvalue weighted by molar-refractivity contribution is -0.136. The Morgan fingerprint density at radius 2 is 2.07 bits per heavy atom. The fraction of sp³-hybridized carbons (Fsp3) is 0.150. The lowest BCUT2D eigenvalue weighted by Crippen LogP contribution is -2.39. The van der Waals surface area contributed by atoms with Crippen molar-refractivity contribution in [2.24, 2.45) is 4.99 Å². The van der Waals surface area contributed by atoms with E-state index in [9.17, 15) is 9.59 Å².